The van der Waals surface area contributed by atoms with Crippen molar-refractivity contribution in [2.24, 2.45) is 0 Å². The second-order valence-corrected chi connectivity index (χ2v) is 4.75. The zero-order valence-corrected chi connectivity index (χ0v) is 10.9. The van der Waals surface area contributed by atoms with Gasteiger partial charge in [0, 0.05) is 32.4 Å². The number of aliphatic hydroxyl groups is 1. The number of nitrogens with zero attached hydrogens (tertiary/aromatic N) is 1. The van der Waals surface area contributed by atoms with Crippen molar-refractivity contribution in [2.45, 2.75) is 58.1 Å². The van der Waals surface area contributed by atoms with E-state index >= 15 is 0 Å². The Bertz CT molecular complexity index is 291. The molecule has 0 radical (unpaired) electrons. The maximum absolute atomic E-state index is 11.2. The van der Waals surface area contributed by atoms with Crippen molar-refractivity contribution >= 4 is 5.78 Å². The van der Waals surface area contributed by atoms with Gasteiger partial charge in [-0.15, -0.1) is 0 Å². The highest BCUT2D eigenvalue weighted by Gasteiger charge is 2.21. The lowest BCUT2D eigenvalue weighted by Gasteiger charge is -2.30. The molecule has 1 aliphatic heterocycles. The lowest BCUT2D eigenvalue weighted by Crippen LogP contribution is -2.40. The van der Waals surface area contributed by atoms with Gasteiger partial charge in [-0.2, -0.15) is 0 Å². The first-order chi connectivity index (χ1) is 8.13. The number of rotatable bonds is 4. The smallest absolute Gasteiger partial charge is 0.135 e. The van der Waals surface area contributed by atoms with Crippen molar-refractivity contribution in [2.75, 3.05) is 13.1 Å². The van der Waals surface area contributed by atoms with Crippen molar-refractivity contribution in [3.63, 3.8) is 0 Å². The van der Waals surface area contributed by atoms with Crippen LogP contribution in [0.2, 0.25) is 0 Å². The minimum absolute atomic E-state index is 0.256. The number of carbonyl (C=O) groups excluding carboxylic acids is 1. The van der Waals surface area contributed by atoms with Crippen molar-refractivity contribution < 1.29 is 9.90 Å². The van der Waals surface area contributed by atoms with Crippen LogP contribution >= 0.6 is 0 Å². The molecule has 3 nitrogen and oxygen atoms in total. The SMILES string of the molecule is CCC[C@@H](C#CC[C@H](C)O)N1CCC(=O)CC1. The van der Waals surface area contributed by atoms with Crippen LogP contribution in [-0.4, -0.2) is 41.0 Å². The number of likely N-dealkylation sites (tertiary alicyclic amines) is 1. The molecule has 0 unspecified atom stereocenters. The fourth-order valence-electron chi connectivity index (χ4n) is 2.03. The minimum atomic E-state index is -0.354. The first-order valence-electron chi connectivity index (χ1n) is 6.55. The molecule has 0 aromatic heterocycles. The molecular formula is C14H23NO2. The maximum atomic E-state index is 11.2. The third-order valence-electron chi connectivity index (χ3n) is 3.02. The predicted octanol–water partition coefficient (Wildman–Crippen LogP) is 1.59. The molecule has 1 heterocycles. The quantitative estimate of drug-likeness (QED) is 0.755. The van der Waals surface area contributed by atoms with Gasteiger partial charge < -0.3 is 5.11 Å². The Balaban J connectivity index is 2.51. The molecule has 1 rings (SSSR count). The van der Waals surface area contributed by atoms with Gasteiger partial charge in [0.2, 0.25) is 0 Å². The number of Topliss-reactive ketones (excluding diaryl/α,β-unsaturated/α-hetero) is 1. The zero-order chi connectivity index (χ0) is 12.7. The number of hydrogen-bond donors (Lipinski definition) is 1. The van der Waals surface area contributed by atoms with Crippen LogP contribution in [0, 0.1) is 11.8 Å². The maximum Gasteiger partial charge on any atom is 0.135 e. The van der Waals surface area contributed by atoms with Gasteiger partial charge in [-0.3, -0.25) is 9.69 Å². The zero-order valence-electron chi connectivity index (χ0n) is 10.9. The normalized spacial score (nSPS) is 20.5. The second-order valence-electron chi connectivity index (χ2n) is 4.75. The van der Waals surface area contributed by atoms with Crippen molar-refractivity contribution in [3.8, 4) is 11.8 Å². The van der Waals surface area contributed by atoms with E-state index in [4.69, 9.17) is 0 Å². The molecule has 1 N–H and O–H groups in total. The van der Waals surface area contributed by atoms with Crippen LogP contribution in [0.3, 0.4) is 0 Å². The van der Waals surface area contributed by atoms with Crippen molar-refractivity contribution in [3.05, 3.63) is 0 Å². The summed E-state index contributed by atoms with van der Waals surface area (Å²) in [4.78, 5) is 13.5. The lowest BCUT2D eigenvalue weighted by atomic mass is 10.0. The van der Waals surface area contributed by atoms with Gasteiger partial charge in [0.05, 0.1) is 12.1 Å². The van der Waals surface area contributed by atoms with E-state index in [2.05, 4.69) is 23.7 Å². The summed E-state index contributed by atoms with van der Waals surface area (Å²) in [5.41, 5.74) is 0. The largest absolute Gasteiger partial charge is 0.392 e. The van der Waals surface area contributed by atoms with Gasteiger partial charge in [0.15, 0.2) is 0 Å². The molecule has 96 valence electrons. The van der Waals surface area contributed by atoms with Crippen molar-refractivity contribution in [1.29, 1.82) is 0 Å². The molecule has 0 aliphatic carbocycles. The van der Waals surface area contributed by atoms with Crippen LogP contribution < -0.4 is 0 Å². The summed E-state index contributed by atoms with van der Waals surface area (Å²) in [6.07, 6.45) is 3.65. The van der Waals surface area contributed by atoms with Crippen LogP contribution in [-0.2, 0) is 4.79 Å². The van der Waals surface area contributed by atoms with Crippen LogP contribution in [0.25, 0.3) is 0 Å². The molecule has 1 fully saturated rings. The Morgan fingerprint density at radius 3 is 2.59 bits per heavy atom. The van der Waals surface area contributed by atoms with Gasteiger partial charge in [-0.1, -0.05) is 25.2 Å². The van der Waals surface area contributed by atoms with E-state index in [-0.39, 0.29) is 12.1 Å². The Morgan fingerprint density at radius 2 is 2.06 bits per heavy atom. The second kappa shape index (κ2) is 7.47. The molecule has 17 heavy (non-hydrogen) atoms. The fourth-order valence-corrected chi connectivity index (χ4v) is 2.03. The molecule has 1 saturated heterocycles. The molecule has 0 spiro atoms. The van der Waals surface area contributed by atoms with Gasteiger partial charge in [-0.05, 0) is 13.3 Å². The molecule has 2 atom stereocenters. The van der Waals surface area contributed by atoms with E-state index in [0.717, 1.165) is 25.9 Å². The fraction of sp³-hybridized carbons (Fsp3) is 0.786. The summed E-state index contributed by atoms with van der Waals surface area (Å²) in [7, 11) is 0. The van der Waals surface area contributed by atoms with Crippen LogP contribution in [0.4, 0.5) is 0 Å². The first kappa shape index (κ1) is 14.2. The number of aliphatic hydroxyl groups excluding tert-OH is 1. The average molecular weight is 237 g/mol. The molecule has 0 saturated carbocycles. The summed E-state index contributed by atoms with van der Waals surface area (Å²) in [5.74, 6) is 6.66. The highest BCUT2D eigenvalue weighted by molar-refractivity contribution is 5.79. The Labute approximate surface area is 104 Å². The minimum Gasteiger partial charge on any atom is -0.392 e. The lowest BCUT2D eigenvalue weighted by molar-refractivity contribution is -0.121. The number of ketones is 1. The summed E-state index contributed by atoms with van der Waals surface area (Å²) in [6, 6.07) is 0.256. The number of piperidine rings is 1. The molecule has 0 aromatic rings. The van der Waals surface area contributed by atoms with E-state index in [0.29, 0.717) is 25.0 Å². The van der Waals surface area contributed by atoms with Crippen LogP contribution in [0.1, 0.15) is 46.0 Å². The molecule has 0 amide bonds. The molecule has 1 aliphatic rings. The van der Waals surface area contributed by atoms with E-state index in [1.165, 1.54) is 0 Å². The Morgan fingerprint density at radius 1 is 1.41 bits per heavy atom. The summed E-state index contributed by atoms with van der Waals surface area (Å²) < 4.78 is 0. The van der Waals surface area contributed by atoms with Gasteiger partial charge >= 0.3 is 0 Å². The highest BCUT2D eigenvalue weighted by atomic mass is 16.3. The van der Waals surface area contributed by atoms with Gasteiger partial charge in [-0.25, -0.2) is 0 Å². The Kier molecular flexibility index (Phi) is 6.25. The summed E-state index contributed by atoms with van der Waals surface area (Å²) in [5, 5.41) is 9.18. The third kappa shape index (κ3) is 5.34. The number of carbonyl (C=O) groups is 1. The average Bonchev–Trinajstić information content (AvgIpc) is 2.29. The van der Waals surface area contributed by atoms with E-state index in [1.807, 2.05) is 0 Å². The van der Waals surface area contributed by atoms with Gasteiger partial charge in [0.1, 0.15) is 5.78 Å². The van der Waals surface area contributed by atoms with Crippen LogP contribution in [0.15, 0.2) is 0 Å². The number of hydrogen-bond acceptors (Lipinski definition) is 3. The molecule has 0 aromatic carbocycles. The Hall–Kier alpha value is -0.850. The standard InChI is InChI=1S/C14H23NO2/c1-3-5-13(7-4-6-12(2)16)15-10-8-14(17)9-11-15/h12-13,16H,3,5-6,8-11H2,1-2H3/t12-,13-/m0/s1. The monoisotopic (exact) mass is 237 g/mol. The third-order valence-corrected chi connectivity index (χ3v) is 3.02. The summed E-state index contributed by atoms with van der Waals surface area (Å²) in [6.45, 7) is 5.58. The van der Waals surface area contributed by atoms with E-state index in [9.17, 15) is 9.90 Å². The van der Waals surface area contributed by atoms with Gasteiger partial charge in [0.25, 0.3) is 0 Å². The first-order valence-corrected chi connectivity index (χ1v) is 6.55. The molecule has 3 heteroatoms. The predicted molar refractivity (Wildman–Crippen MR) is 68.6 cm³/mol. The summed E-state index contributed by atoms with van der Waals surface area (Å²) >= 11 is 0. The topological polar surface area (TPSA) is 40.5 Å². The van der Waals surface area contributed by atoms with Crippen molar-refractivity contribution in [1.82, 2.24) is 4.90 Å². The van der Waals surface area contributed by atoms with E-state index in [1.54, 1.807) is 6.92 Å². The van der Waals surface area contributed by atoms with E-state index < -0.39 is 0 Å². The molecular weight excluding hydrogens is 214 g/mol. The highest BCUT2D eigenvalue weighted by Crippen LogP contribution is 2.13. The van der Waals surface area contributed by atoms with Crippen LogP contribution in [0.5, 0.6) is 0 Å². The molecule has 0 bridgehead atoms.